The first-order chi connectivity index (χ1) is 9.52. The van der Waals surface area contributed by atoms with Crippen molar-refractivity contribution in [3.8, 4) is 0 Å². The Hall–Kier alpha value is -0.860. The molecule has 0 aliphatic carbocycles. The molecule has 20 heavy (non-hydrogen) atoms. The molecule has 1 heterocycles. The molecule has 1 aromatic rings. The van der Waals surface area contributed by atoms with Crippen LogP contribution in [0.15, 0.2) is 24.3 Å². The summed E-state index contributed by atoms with van der Waals surface area (Å²) in [6.07, 6.45) is 3.33. The fourth-order valence-electron chi connectivity index (χ4n) is 2.83. The van der Waals surface area contributed by atoms with E-state index >= 15 is 0 Å². The highest BCUT2D eigenvalue weighted by Crippen LogP contribution is 2.27. The first kappa shape index (κ1) is 15.5. The summed E-state index contributed by atoms with van der Waals surface area (Å²) in [7, 11) is 0. The Kier molecular flexibility index (Phi) is 5.22. The standard InChI is InChI=1S/C18H29NO/c1-5-18(4)12-17(10-11-20-18)19-13-15-6-8-16(9-7-15)14(2)3/h6-9,14,17,19H,5,10-13H2,1-4H3. The van der Waals surface area contributed by atoms with Crippen molar-refractivity contribution in [1.29, 1.82) is 0 Å². The van der Waals surface area contributed by atoms with E-state index in [9.17, 15) is 0 Å². The topological polar surface area (TPSA) is 21.3 Å². The van der Waals surface area contributed by atoms with Crippen LogP contribution >= 0.6 is 0 Å². The van der Waals surface area contributed by atoms with Crippen molar-refractivity contribution in [3.05, 3.63) is 35.4 Å². The first-order valence-corrected chi connectivity index (χ1v) is 7.98. The minimum Gasteiger partial charge on any atom is -0.375 e. The smallest absolute Gasteiger partial charge is 0.0666 e. The van der Waals surface area contributed by atoms with E-state index in [1.807, 2.05) is 0 Å². The molecule has 0 spiro atoms. The van der Waals surface area contributed by atoms with Gasteiger partial charge in [-0.05, 0) is 43.2 Å². The summed E-state index contributed by atoms with van der Waals surface area (Å²) in [5, 5.41) is 3.70. The van der Waals surface area contributed by atoms with Gasteiger partial charge in [-0.2, -0.15) is 0 Å². The zero-order chi connectivity index (χ0) is 14.6. The molecule has 112 valence electrons. The molecule has 2 nitrogen and oxygen atoms in total. The highest BCUT2D eigenvalue weighted by atomic mass is 16.5. The maximum atomic E-state index is 5.90. The molecule has 1 saturated heterocycles. The second kappa shape index (κ2) is 6.73. The van der Waals surface area contributed by atoms with Gasteiger partial charge in [0.25, 0.3) is 0 Å². The molecule has 0 radical (unpaired) electrons. The zero-order valence-corrected chi connectivity index (χ0v) is 13.4. The van der Waals surface area contributed by atoms with Gasteiger partial charge in [-0.15, -0.1) is 0 Å². The summed E-state index contributed by atoms with van der Waals surface area (Å²) in [4.78, 5) is 0. The molecule has 2 heteroatoms. The van der Waals surface area contributed by atoms with Crippen LogP contribution in [0.2, 0.25) is 0 Å². The lowest BCUT2D eigenvalue weighted by Crippen LogP contribution is -2.44. The third-order valence-electron chi connectivity index (χ3n) is 4.58. The fourth-order valence-corrected chi connectivity index (χ4v) is 2.83. The quantitative estimate of drug-likeness (QED) is 0.867. The molecule has 1 aliphatic heterocycles. The van der Waals surface area contributed by atoms with Crippen molar-refractivity contribution >= 4 is 0 Å². The van der Waals surface area contributed by atoms with Crippen LogP contribution in [-0.4, -0.2) is 18.2 Å². The lowest BCUT2D eigenvalue weighted by atomic mass is 9.90. The van der Waals surface area contributed by atoms with Crippen LogP contribution in [0, 0.1) is 0 Å². The average Bonchev–Trinajstić information content (AvgIpc) is 2.46. The van der Waals surface area contributed by atoms with Crippen LogP contribution in [0.4, 0.5) is 0 Å². The second-order valence-corrected chi connectivity index (χ2v) is 6.62. The van der Waals surface area contributed by atoms with Gasteiger partial charge < -0.3 is 10.1 Å². The van der Waals surface area contributed by atoms with E-state index in [0.717, 1.165) is 32.4 Å². The predicted molar refractivity (Wildman–Crippen MR) is 85.0 cm³/mol. The lowest BCUT2D eigenvalue weighted by Gasteiger charge is -2.38. The summed E-state index contributed by atoms with van der Waals surface area (Å²) in [5.41, 5.74) is 2.86. The van der Waals surface area contributed by atoms with Gasteiger partial charge in [0.2, 0.25) is 0 Å². The zero-order valence-electron chi connectivity index (χ0n) is 13.4. The van der Waals surface area contributed by atoms with E-state index < -0.39 is 0 Å². The van der Waals surface area contributed by atoms with Gasteiger partial charge >= 0.3 is 0 Å². The van der Waals surface area contributed by atoms with Gasteiger partial charge in [0.15, 0.2) is 0 Å². The number of ether oxygens (including phenoxy) is 1. The molecule has 2 unspecified atom stereocenters. The van der Waals surface area contributed by atoms with Crippen molar-refractivity contribution in [2.75, 3.05) is 6.61 Å². The Bertz CT molecular complexity index is 412. The van der Waals surface area contributed by atoms with Crippen molar-refractivity contribution in [2.45, 2.75) is 71.1 Å². The van der Waals surface area contributed by atoms with Crippen LogP contribution in [0.1, 0.15) is 64.0 Å². The Morgan fingerprint density at radius 1 is 1.30 bits per heavy atom. The van der Waals surface area contributed by atoms with E-state index in [1.54, 1.807) is 0 Å². The third-order valence-corrected chi connectivity index (χ3v) is 4.58. The molecular weight excluding hydrogens is 246 g/mol. The minimum absolute atomic E-state index is 0.0669. The maximum Gasteiger partial charge on any atom is 0.0666 e. The summed E-state index contributed by atoms with van der Waals surface area (Å²) in [6, 6.07) is 9.59. The van der Waals surface area contributed by atoms with E-state index in [1.165, 1.54) is 11.1 Å². The number of rotatable bonds is 5. The van der Waals surface area contributed by atoms with E-state index in [-0.39, 0.29) is 5.60 Å². The number of nitrogens with one attached hydrogen (secondary N) is 1. The van der Waals surface area contributed by atoms with E-state index in [4.69, 9.17) is 4.74 Å². The van der Waals surface area contributed by atoms with Gasteiger partial charge in [-0.25, -0.2) is 0 Å². The van der Waals surface area contributed by atoms with Gasteiger partial charge in [-0.1, -0.05) is 45.0 Å². The lowest BCUT2D eigenvalue weighted by molar-refractivity contribution is -0.0781. The van der Waals surface area contributed by atoms with Crippen LogP contribution in [0.5, 0.6) is 0 Å². The Morgan fingerprint density at radius 2 is 2.00 bits per heavy atom. The Balaban J connectivity index is 1.85. The molecular formula is C18H29NO. The summed E-state index contributed by atoms with van der Waals surface area (Å²) >= 11 is 0. The fraction of sp³-hybridized carbons (Fsp3) is 0.667. The van der Waals surface area contributed by atoms with Crippen LogP contribution < -0.4 is 5.32 Å². The molecule has 0 amide bonds. The highest BCUT2D eigenvalue weighted by molar-refractivity contribution is 5.24. The normalized spacial score (nSPS) is 26.9. The summed E-state index contributed by atoms with van der Waals surface area (Å²) in [6.45, 7) is 10.8. The SMILES string of the molecule is CCC1(C)CC(NCc2ccc(C(C)C)cc2)CCO1. The molecule has 0 saturated carbocycles. The van der Waals surface area contributed by atoms with Gasteiger partial charge in [0, 0.05) is 19.2 Å². The minimum atomic E-state index is 0.0669. The van der Waals surface area contributed by atoms with Crippen molar-refractivity contribution in [2.24, 2.45) is 0 Å². The molecule has 1 aliphatic rings. The van der Waals surface area contributed by atoms with Crippen molar-refractivity contribution < 1.29 is 4.74 Å². The molecule has 1 aromatic carbocycles. The summed E-state index contributed by atoms with van der Waals surface area (Å²) in [5.74, 6) is 0.609. The number of benzene rings is 1. The molecule has 2 rings (SSSR count). The number of hydrogen-bond acceptors (Lipinski definition) is 2. The van der Waals surface area contributed by atoms with Gasteiger partial charge in [-0.3, -0.25) is 0 Å². The first-order valence-electron chi connectivity index (χ1n) is 7.98. The number of hydrogen-bond donors (Lipinski definition) is 1. The van der Waals surface area contributed by atoms with E-state index in [0.29, 0.717) is 12.0 Å². The second-order valence-electron chi connectivity index (χ2n) is 6.62. The molecule has 1 fully saturated rings. The Morgan fingerprint density at radius 3 is 2.60 bits per heavy atom. The maximum absolute atomic E-state index is 5.90. The van der Waals surface area contributed by atoms with Crippen molar-refractivity contribution in [1.82, 2.24) is 5.32 Å². The molecule has 1 N–H and O–H groups in total. The van der Waals surface area contributed by atoms with Crippen LogP contribution in [0.25, 0.3) is 0 Å². The third kappa shape index (κ3) is 4.07. The molecule has 0 bridgehead atoms. The largest absolute Gasteiger partial charge is 0.375 e. The van der Waals surface area contributed by atoms with Gasteiger partial charge in [0.1, 0.15) is 0 Å². The summed E-state index contributed by atoms with van der Waals surface area (Å²) < 4.78 is 5.90. The van der Waals surface area contributed by atoms with Crippen LogP contribution in [0.3, 0.4) is 0 Å². The Labute approximate surface area is 123 Å². The molecule has 0 aromatic heterocycles. The highest BCUT2D eigenvalue weighted by Gasteiger charge is 2.31. The van der Waals surface area contributed by atoms with E-state index in [2.05, 4.69) is 57.3 Å². The van der Waals surface area contributed by atoms with Crippen LogP contribution in [-0.2, 0) is 11.3 Å². The average molecular weight is 275 g/mol. The monoisotopic (exact) mass is 275 g/mol. The molecule has 2 atom stereocenters. The predicted octanol–water partition coefficient (Wildman–Crippen LogP) is 4.25. The van der Waals surface area contributed by atoms with Crippen molar-refractivity contribution in [3.63, 3.8) is 0 Å². The van der Waals surface area contributed by atoms with Gasteiger partial charge in [0.05, 0.1) is 5.60 Å².